The molecule has 1 aliphatic rings. The predicted octanol–water partition coefficient (Wildman–Crippen LogP) is 6.76. The van der Waals surface area contributed by atoms with E-state index in [9.17, 15) is 18.0 Å². The SMILES string of the molecule is N=C(c1ccc(NC(=O)c2cc(C(F)(F)F)nn2-c2ccc3cc(Cl)ccc3c2)cc1)N1CCCCC1. The Balaban J connectivity index is 1.42. The molecule has 190 valence electrons. The second kappa shape index (κ2) is 9.89. The Morgan fingerprint density at radius 2 is 1.59 bits per heavy atom. The van der Waals surface area contributed by atoms with Gasteiger partial charge in [0.2, 0.25) is 0 Å². The van der Waals surface area contributed by atoms with E-state index >= 15 is 0 Å². The number of amidine groups is 1. The van der Waals surface area contributed by atoms with Crippen molar-refractivity contribution in [2.24, 2.45) is 0 Å². The lowest BCUT2D eigenvalue weighted by Crippen LogP contribution is -2.35. The molecule has 3 aromatic carbocycles. The van der Waals surface area contributed by atoms with Crippen molar-refractivity contribution in [3.63, 3.8) is 0 Å². The zero-order valence-electron chi connectivity index (χ0n) is 19.6. The molecule has 0 saturated carbocycles. The molecule has 1 aromatic heterocycles. The van der Waals surface area contributed by atoms with Crippen molar-refractivity contribution in [2.45, 2.75) is 25.4 Å². The fraction of sp³-hybridized carbons (Fsp3) is 0.222. The highest BCUT2D eigenvalue weighted by atomic mass is 35.5. The second-order valence-electron chi connectivity index (χ2n) is 8.93. The fourth-order valence-electron chi connectivity index (χ4n) is 4.42. The number of likely N-dealkylation sites (tertiary alicyclic amines) is 1. The van der Waals surface area contributed by atoms with E-state index in [1.54, 1.807) is 60.7 Å². The number of nitrogens with zero attached hydrogens (tertiary/aromatic N) is 3. The topological polar surface area (TPSA) is 74.0 Å². The smallest absolute Gasteiger partial charge is 0.357 e. The quantitative estimate of drug-likeness (QED) is 0.228. The lowest BCUT2D eigenvalue weighted by molar-refractivity contribution is -0.141. The Morgan fingerprint density at radius 3 is 2.30 bits per heavy atom. The average molecular weight is 526 g/mol. The molecule has 0 spiro atoms. The van der Waals surface area contributed by atoms with Crippen LogP contribution in [0, 0.1) is 5.41 Å². The number of halogens is 4. The Bertz CT molecular complexity index is 1470. The van der Waals surface area contributed by atoms with Gasteiger partial charge in [0, 0.05) is 35.4 Å². The Hall–Kier alpha value is -3.85. The summed E-state index contributed by atoms with van der Waals surface area (Å²) in [7, 11) is 0. The van der Waals surface area contributed by atoms with Gasteiger partial charge in [-0.1, -0.05) is 23.7 Å². The summed E-state index contributed by atoms with van der Waals surface area (Å²) in [6.45, 7) is 1.68. The second-order valence-corrected chi connectivity index (χ2v) is 9.36. The minimum Gasteiger partial charge on any atom is -0.357 e. The summed E-state index contributed by atoms with van der Waals surface area (Å²) < 4.78 is 41.5. The van der Waals surface area contributed by atoms with E-state index in [1.165, 1.54) is 0 Å². The first-order valence-corrected chi connectivity index (χ1v) is 12.2. The molecule has 1 saturated heterocycles. The van der Waals surface area contributed by atoms with Crippen LogP contribution in [0.5, 0.6) is 0 Å². The van der Waals surface area contributed by atoms with Gasteiger partial charge in [-0.25, -0.2) is 4.68 Å². The van der Waals surface area contributed by atoms with E-state index in [-0.39, 0.29) is 5.69 Å². The highest BCUT2D eigenvalue weighted by Crippen LogP contribution is 2.31. The van der Waals surface area contributed by atoms with Gasteiger partial charge in [0.25, 0.3) is 5.91 Å². The molecule has 6 nitrogen and oxygen atoms in total. The molecule has 0 aliphatic carbocycles. The Labute approximate surface area is 216 Å². The van der Waals surface area contributed by atoms with E-state index in [0.717, 1.165) is 53.9 Å². The third kappa shape index (κ3) is 5.32. The van der Waals surface area contributed by atoms with Crippen LogP contribution in [-0.4, -0.2) is 39.5 Å². The molecule has 2 N–H and O–H groups in total. The van der Waals surface area contributed by atoms with Crippen LogP contribution < -0.4 is 5.32 Å². The maximum Gasteiger partial charge on any atom is 0.435 e. The molecule has 4 aromatic rings. The molecule has 37 heavy (non-hydrogen) atoms. The number of alkyl halides is 3. The third-order valence-corrected chi connectivity index (χ3v) is 6.59. The lowest BCUT2D eigenvalue weighted by atomic mass is 10.1. The first kappa shape index (κ1) is 24.8. The number of anilines is 1. The van der Waals surface area contributed by atoms with Crippen molar-refractivity contribution in [1.82, 2.24) is 14.7 Å². The largest absolute Gasteiger partial charge is 0.435 e. The molecular formula is C27H23ClF3N5O. The number of hydrogen-bond donors (Lipinski definition) is 2. The monoisotopic (exact) mass is 525 g/mol. The van der Waals surface area contributed by atoms with Crippen molar-refractivity contribution in [3.05, 3.63) is 88.7 Å². The number of hydrogen-bond acceptors (Lipinski definition) is 3. The standard InChI is InChI=1S/C27H23ClF3N5O/c28-20-8-4-19-15-22(11-7-18(19)14-20)36-23(16-24(34-36)27(29,30)31)26(37)33-21-9-5-17(6-10-21)25(32)35-12-2-1-3-13-35/h4-11,14-16,32H,1-3,12-13H2,(H,33,37). The summed E-state index contributed by atoms with van der Waals surface area (Å²) >= 11 is 6.03. The van der Waals surface area contributed by atoms with Gasteiger partial charge in [0.1, 0.15) is 11.5 Å². The van der Waals surface area contributed by atoms with E-state index in [0.29, 0.717) is 27.8 Å². The average Bonchev–Trinajstić information content (AvgIpc) is 3.35. The molecule has 10 heteroatoms. The summed E-state index contributed by atoms with van der Waals surface area (Å²) in [6.07, 6.45) is -1.46. The molecule has 1 amide bonds. The number of nitrogens with one attached hydrogen (secondary N) is 2. The highest BCUT2D eigenvalue weighted by molar-refractivity contribution is 6.31. The molecular weight excluding hydrogens is 503 g/mol. The molecule has 1 fully saturated rings. The number of rotatable bonds is 4. The zero-order valence-corrected chi connectivity index (χ0v) is 20.4. The fourth-order valence-corrected chi connectivity index (χ4v) is 4.60. The number of carbonyl (C=O) groups excluding carboxylic acids is 1. The summed E-state index contributed by atoms with van der Waals surface area (Å²) in [5, 5.41) is 16.9. The molecule has 0 radical (unpaired) electrons. The summed E-state index contributed by atoms with van der Waals surface area (Å²) in [5.41, 5.74) is -0.0130. The first-order chi connectivity index (χ1) is 17.7. The van der Waals surface area contributed by atoms with Crippen LogP contribution >= 0.6 is 11.6 Å². The first-order valence-electron chi connectivity index (χ1n) is 11.8. The molecule has 5 rings (SSSR count). The van der Waals surface area contributed by atoms with Crippen LogP contribution in [0.3, 0.4) is 0 Å². The van der Waals surface area contributed by atoms with Crippen molar-refractivity contribution in [2.75, 3.05) is 18.4 Å². The number of fused-ring (bicyclic) bond motifs is 1. The van der Waals surface area contributed by atoms with Gasteiger partial charge in [0.05, 0.1) is 5.69 Å². The van der Waals surface area contributed by atoms with Crippen LogP contribution in [0.2, 0.25) is 5.02 Å². The Morgan fingerprint density at radius 1 is 0.919 bits per heavy atom. The van der Waals surface area contributed by atoms with Gasteiger partial charge in [-0.05, 0) is 78.6 Å². The van der Waals surface area contributed by atoms with Gasteiger partial charge in [0.15, 0.2) is 5.69 Å². The van der Waals surface area contributed by atoms with Crippen LogP contribution in [0.4, 0.5) is 18.9 Å². The number of piperidine rings is 1. The molecule has 0 bridgehead atoms. The number of aromatic nitrogens is 2. The number of benzene rings is 3. The van der Waals surface area contributed by atoms with Crippen molar-refractivity contribution in [1.29, 1.82) is 5.41 Å². The third-order valence-electron chi connectivity index (χ3n) is 6.35. The number of amides is 1. The van der Waals surface area contributed by atoms with Crippen molar-refractivity contribution >= 4 is 39.8 Å². The molecule has 2 heterocycles. The summed E-state index contributed by atoms with van der Waals surface area (Å²) in [5.74, 6) is -0.318. The zero-order chi connectivity index (χ0) is 26.2. The number of carbonyl (C=O) groups is 1. The molecule has 0 unspecified atom stereocenters. The molecule has 0 atom stereocenters. The van der Waals surface area contributed by atoms with Crippen LogP contribution in [-0.2, 0) is 6.18 Å². The Kier molecular flexibility index (Phi) is 6.64. The van der Waals surface area contributed by atoms with Gasteiger partial charge in [-0.3, -0.25) is 10.2 Å². The van der Waals surface area contributed by atoms with Crippen molar-refractivity contribution < 1.29 is 18.0 Å². The van der Waals surface area contributed by atoms with Crippen LogP contribution in [0.15, 0.2) is 66.7 Å². The highest BCUT2D eigenvalue weighted by Gasteiger charge is 2.36. The summed E-state index contributed by atoms with van der Waals surface area (Å²) in [6, 6.07) is 17.6. The maximum atomic E-state index is 13.5. The van der Waals surface area contributed by atoms with Crippen LogP contribution in [0.25, 0.3) is 16.5 Å². The predicted molar refractivity (Wildman–Crippen MR) is 138 cm³/mol. The minimum atomic E-state index is -4.72. The maximum absolute atomic E-state index is 13.5. The van der Waals surface area contributed by atoms with E-state index in [2.05, 4.69) is 10.4 Å². The van der Waals surface area contributed by atoms with E-state index in [1.807, 2.05) is 4.90 Å². The normalized spacial score (nSPS) is 14.1. The summed E-state index contributed by atoms with van der Waals surface area (Å²) in [4.78, 5) is 15.1. The molecule has 1 aliphatic heterocycles. The van der Waals surface area contributed by atoms with E-state index in [4.69, 9.17) is 17.0 Å². The van der Waals surface area contributed by atoms with E-state index < -0.39 is 17.8 Å². The minimum absolute atomic E-state index is 0.259. The van der Waals surface area contributed by atoms with Gasteiger partial charge < -0.3 is 10.2 Å². The lowest BCUT2D eigenvalue weighted by Gasteiger charge is -2.29. The van der Waals surface area contributed by atoms with Gasteiger partial charge >= 0.3 is 6.18 Å². The van der Waals surface area contributed by atoms with Crippen molar-refractivity contribution in [3.8, 4) is 5.69 Å². The van der Waals surface area contributed by atoms with Crippen LogP contribution in [0.1, 0.15) is 41.0 Å². The van der Waals surface area contributed by atoms with Gasteiger partial charge in [-0.2, -0.15) is 18.3 Å². The van der Waals surface area contributed by atoms with Gasteiger partial charge in [-0.15, -0.1) is 0 Å².